The van der Waals surface area contributed by atoms with Crippen molar-refractivity contribution in [2.75, 3.05) is 19.7 Å². The van der Waals surface area contributed by atoms with Gasteiger partial charge in [0.2, 0.25) is 0 Å². The molecule has 0 aromatic carbocycles. The highest BCUT2D eigenvalue weighted by atomic mass is 16.5. The molecule has 2 fully saturated rings. The van der Waals surface area contributed by atoms with Crippen LogP contribution in [0.25, 0.3) is 0 Å². The fourth-order valence-corrected chi connectivity index (χ4v) is 3.13. The third-order valence-corrected chi connectivity index (χ3v) is 4.75. The Balaban J connectivity index is 1.60. The highest BCUT2D eigenvalue weighted by Crippen LogP contribution is 2.37. The molecule has 1 aromatic rings. The molecule has 2 heterocycles. The Morgan fingerprint density at radius 1 is 1.46 bits per heavy atom. The molecule has 24 heavy (non-hydrogen) atoms. The Kier molecular flexibility index (Phi) is 5.33. The molecule has 1 saturated carbocycles. The summed E-state index contributed by atoms with van der Waals surface area (Å²) in [5, 5.41) is 0. The number of aromatic amines is 1. The van der Waals surface area contributed by atoms with Crippen LogP contribution in [0.3, 0.4) is 0 Å². The first-order chi connectivity index (χ1) is 11.5. The number of hydrogen-bond donors (Lipinski definition) is 1. The van der Waals surface area contributed by atoms with Gasteiger partial charge in [0, 0.05) is 25.2 Å². The molecule has 132 valence electrons. The molecule has 0 radical (unpaired) electrons. The molecule has 1 N–H and O–H groups in total. The number of carbonyl (C=O) groups excluding carboxylic acids is 1. The van der Waals surface area contributed by atoms with E-state index in [9.17, 15) is 9.59 Å². The maximum atomic E-state index is 12.7. The van der Waals surface area contributed by atoms with Crippen LogP contribution in [0.4, 0.5) is 0 Å². The Morgan fingerprint density at radius 3 is 2.92 bits per heavy atom. The molecule has 1 atom stereocenters. The van der Waals surface area contributed by atoms with Gasteiger partial charge in [-0.15, -0.1) is 0 Å². The van der Waals surface area contributed by atoms with Crippen LogP contribution in [-0.4, -0.2) is 46.6 Å². The first kappa shape index (κ1) is 17.1. The van der Waals surface area contributed by atoms with Gasteiger partial charge in [0.1, 0.15) is 11.4 Å². The number of rotatable bonds is 6. The molecule has 3 rings (SSSR count). The molecule has 1 aromatic heterocycles. The average Bonchev–Trinajstić information content (AvgIpc) is 3.39. The molecule has 0 bridgehead atoms. The van der Waals surface area contributed by atoms with Gasteiger partial charge in [-0.2, -0.15) is 0 Å². The zero-order valence-electron chi connectivity index (χ0n) is 14.6. The molecular weight excluding hydrogens is 306 g/mol. The topological polar surface area (TPSA) is 75.3 Å². The van der Waals surface area contributed by atoms with E-state index in [1.807, 2.05) is 0 Å². The molecule has 0 unspecified atom stereocenters. The van der Waals surface area contributed by atoms with E-state index in [1.165, 1.54) is 12.6 Å². The van der Waals surface area contributed by atoms with Crippen molar-refractivity contribution in [2.24, 2.45) is 5.92 Å². The van der Waals surface area contributed by atoms with Gasteiger partial charge in [-0.25, -0.2) is 4.98 Å². The van der Waals surface area contributed by atoms with Crippen LogP contribution in [0.5, 0.6) is 0 Å². The summed E-state index contributed by atoms with van der Waals surface area (Å²) in [6.07, 6.45) is 6.87. The maximum absolute atomic E-state index is 12.7. The highest BCUT2D eigenvalue weighted by Gasteiger charge is 2.29. The lowest BCUT2D eigenvalue weighted by Gasteiger charge is -2.33. The minimum atomic E-state index is -0.320. The number of carbonyl (C=O) groups is 1. The van der Waals surface area contributed by atoms with Crippen LogP contribution in [-0.2, 0) is 4.74 Å². The van der Waals surface area contributed by atoms with Crippen molar-refractivity contribution in [1.29, 1.82) is 0 Å². The lowest BCUT2D eigenvalue weighted by molar-refractivity contribution is -0.0260. The summed E-state index contributed by atoms with van der Waals surface area (Å²) in [6, 6.07) is 0. The second kappa shape index (κ2) is 7.47. The number of aromatic nitrogens is 2. The van der Waals surface area contributed by atoms with Crippen LogP contribution < -0.4 is 5.56 Å². The quantitative estimate of drug-likeness (QED) is 0.867. The maximum Gasteiger partial charge on any atom is 0.263 e. The Bertz CT molecular complexity index is 637. The predicted octanol–water partition coefficient (Wildman–Crippen LogP) is 2.31. The molecule has 1 saturated heterocycles. The summed E-state index contributed by atoms with van der Waals surface area (Å²) in [5.74, 6) is 1.53. The lowest BCUT2D eigenvalue weighted by atomic mass is 10.0. The highest BCUT2D eigenvalue weighted by molar-refractivity contribution is 5.93. The van der Waals surface area contributed by atoms with E-state index < -0.39 is 0 Å². The van der Waals surface area contributed by atoms with E-state index >= 15 is 0 Å². The third-order valence-electron chi connectivity index (χ3n) is 4.75. The number of H-pyrrole nitrogens is 1. The van der Waals surface area contributed by atoms with Crippen LogP contribution in [0.2, 0.25) is 0 Å². The first-order valence-electron chi connectivity index (χ1n) is 9.04. The fraction of sp³-hybridized carbons (Fsp3) is 0.722. The Labute approximate surface area is 142 Å². The van der Waals surface area contributed by atoms with Gasteiger partial charge >= 0.3 is 0 Å². The fourth-order valence-electron chi connectivity index (χ4n) is 3.13. The number of amides is 1. The van der Waals surface area contributed by atoms with Gasteiger partial charge in [0.15, 0.2) is 0 Å². The second-order valence-corrected chi connectivity index (χ2v) is 7.35. The third kappa shape index (κ3) is 4.23. The molecule has 0 spiro atoms. The molecule has 2 aliphatic rings. The summed E-state index contributed by atoms with van der Waals surface area (Å²) >= 11 is 0. The van der Waals surface area contributed by atoms with Crippen molar-refractivity contribution >= 4 is 5.91 Å². The summed E-state index contributed by atoms with van der Waals surface area (Å²) in [4.78, 5) is 33.6. The molecule has 1 aliphatic heterocycles. The van der Waals surface area contributed by atoms with E-state index in [0.29, 0.717) is 37.4 Å². The van der Waals surface area contributed by atoms with Crippen molar-refractivity contribution in [3.63, 3.8) is 0 Å². The first-order valence-corrected chi connectivity index (χ1v) is 9.04. The van der Waals surface area contributed by atoms with Crippen LogP contribution in [0.1, 0.15) is 68.1 Å². The summed E-state index contributed by atoms with van der Waals surface area (Å²) in [5.41, 5.74) is -0.179. The minimum Gasteiger partial charge on any atom is -0.375 e. The van der Waals surface area contributed by atoms with Gasteiger partial charge < -0.3 is 14.6 Å². The summed E-state index contributed by atoms with van der Waals surface area (Å²) in [7, 11) is 0. The Morgan fingerprint density at radius 2 is 2.25 bits per heavy atom. The summed E-state index contributed by atoms with van der Waals surface area (Å²) < 4.78 is 5.77. The molecular formula is C18H27N3O3. The summed E-state index contributed by atoms with van der Waals surface area (Å²) in [6.45, 7) is 6.04. The molecule has 1 aliphatic carbocycles. The number of nitrogens with zero attached hydrogens (tertiary/aromatic N) is 2. The zero-order valence-corrected chi connectivity index (χ0v) is 14.6. The standard InChI is InChI=1S/C18H27N3O3/c1-12(2)4-3-5-14-11-21(8-9-24-14)18(23)15-10-19-16(13-6-7-13)20-17(15)22/h10,12-14H,3-9,11H2,1-2H3,(H,19,20,22)/t14-/m1/s1. The average molecular weight is 333 g/mol. The number of hydrogen-bond acceptors (Lipinski definition) is 4. The van der Waals surface area contributed by atoms with E-state index in [1.54, 1.807) is 4.90 Å². The second-order valence-electron chi connectivity index (χ2n) is 7.35. The van der Waals surface area contributed by atoms with Crippen molar-refractivity contribution < 1.29 is 9.53 Å². The van der Waals surface area contributed by atoms with Gasteiger partial charge in [0.25, 0.3) is 11.5 Å². The van der Waals surface area contributed by atoms with Crippen LogP contribution in [0.15, 0.2) is 11.0 Å². The smallest absolute Gasteiger partial charge is 0.263 e. The predicted molar refractivity (Wildman–Crippen MR) is 91.2 cm³/mol. The van der Waals surface area contributed by atoms with Crippen molar-refractivity contribution in [3.05, 3.63) is 27.9 Å². The van der Waals surface area contributed by atoms with E-state index in [2.05, 4.69) is 23.8 Å². The van der Waals surface area contributed by atoms with Gasteiger partial charge in [-0.05, 0) is 25.2 Å². The van der Waals surface area contributed by atoms with Crippen molar-refractivity contribution in [2.45, 2.75) is 58.0 Å². The van der Waals surface area contributed by atoms with Crippen molar-refractivity contribution in [1.82, 2.24) is 14.9 Å². The monoisotopic (exact) mass is 333 g/mol. The normalized spacial score (nSPS) is 21.3. The molecule has 1 amide bonds. The van der Waals surface area contributed by atoms with Crippen LogP contribution >= 0.6 is 0 Å². The largest absolute Gasteiger partial charge is 0.375 e. The van der Waals surface area contributed by atoms with E-state index in [4.69, 9.17) is 4.74 Å². The SMILES string of the molecule is CC(C)CCC[C@@H]1CN(C(=O)c2cnc(C3CC3)[nH]c2=O)CCO1. The van der Waals surface area contributed by atoms with Gasteiger partial charge in [-0.1, -0.05) is 26.7 Å². The van der Waals surface area contributed by atoms with Gasteiger partial charge in [-0.3, -0.25) is 9.59 Å². The Hall–Kier alpha value is -1.69. The van der Waals surface area contributed by atoms with Crippen molar-refractivity contribution in [3.8, 4) is 0 Å². The minimum absolute atomic E-state index is 0.0687. The van der Waals surface area contributed by atoms with Crippen LogP contribution in [0, 0.1) is 5.92 Å². The molecule has 6 heteroatoms. The van der Waals surface area contributed by atoms with Gasteiger partial charge in [0.05, 0.1) is 12.7 Å². The van der Waals surface area contributed by atoms with E-state index in [-0.39, 0.29) is 23.1 Å². The van der Waals surface area contributed by atoms with E-state index in [0.717, 1.165) is 25.7 Å². The number of ether oxygens (including phenoxy) is 1. The number of nitrogens with one attached hydrogen (secondary N) is 1. The molecule has 6 nitrogen and oxygen atoms in total. The lowest BCUT2D eigenvalue weighted by Crippen LogP contribution is -2.47. The zero-order chi connectivity index (χ0) is 17.1. The number of morpholine rings is 1.